The monoisotopic (exact) mass is 246 g/mol. The van der Waals surface area contributed by atoms with Crippen LogP contribution in [0.2, 0.25) is 0 Å². The topological polar surface area (TPSA) is 35.8 Å². The third kappa shape index (κ3) is 2.88. The maximum Gasteiger partial charge on any atom is 0.127 e. The minimum atomic E-state index is -0.179. The maximum atomic E-state index is 13.7. The molecule has 3 heteroatoms. The Morgan fingerprint density at radius 1 is 1.33 bits per heavy atom. The lowest BCUT2D eigenvalue weighted by molar-refractivity contribution is 0.290. The second kappa shape index (κ2) is 5.97. The molecule has 18 heavy (non-hydrogen) atoms. The summed E-state index contributed by atoms with van der Waals surface area (Å²) in [5, 5.41) is 12.5. The molecule has 1 aliphatic carbocycles. The fourth-order valence-corrected chi connectivity index (χ4v) is 2.72. The molecular formula is C15H19FN2. The van der Waals surface area contributed by atoms with Gasteiger partial charge >= 0.3 is 0 Å². The Morgan fingerprint density at radius 3 is 2.78 bits per heavy atom. The highest BCUT2D eigenvalue weighted by Crippen LogP contribution is 2.26. The molecule has 0 spiro atoms. The van der Waals surface area contributed by atoms with E-state index in [1.165, 1.54) is 6.07 Å². The predicted octanol–water partition coefficient (Wildman–Crippen LogP) is 3.56. The zero-order valence-electron chi connectivity index (χ0n) is 10.7. The molecule has 1 N–H and O–H groups in total. The standard InChI is InChI=1S/C15H19FN2/c1-11(13-7-3-4-8-14(13)16)18-15-9-5-2-6-12(15)10-17/h3-4,7-8,11-12,15,18H,2,5-6,9H2,1H3. The summed E-state index contributed by atoms with van der Waals surface area (Å²) in [5.74, 6) is -0.116. The molecular weight excluding hydrogens is 227 g/mol. The lowest BCUT2D eigenvalue weighted by atomic mass is 9.85. The van der Waals surface area contributed by atoms with Crippen molar-refractivity contribution in [2.24, 2.45) is 5.92 Å². The van der Waals surface area contributed by atoms with Gasteiger partial charge in [0.15, 0.2) is 0 Å². The minimum Gasteiger partial charge on any atom is -0.306 e. The highest BCUT2D eigenvalue weighted by Gasteiger charge is 2.26. The van der Waals surface area contributed by atoms with Crippen molar-refractivity contribution in [1.82, 2.24) is 5.32 Å². The number of rotatable bonds is 3. The largest absolute Gasteiger partial charge is 0.306 e. The zero-order chi connectivity index (χ0) is 13.0. The molecule has 2 nitrogen and oxygen atoms in total. The SMILES string of the molecule is CC(NC1CCCCC1C#N)c1ccccc1F. The van der Waals surface area contributed by atoms with E-state index in [2.05, 4.69) is 11.4 Å². The van der Waals surface area contributed by atoms with Crippen molar-refractivity contribution >= 4 is 0 Å². The number of halogens is 1. The predicted molar refractivity (Wildman–Crippen MR) is 69.3 cm³/mol. The molecule has 1 fully saturated rings. The van der Waals surface area contributed by atoms with Crippen LogP contribution in [0.3, 0.4) is 0 Å². The van der Waals surface area contributed by atoms with Gasteiger partial charge in [-0.05, 0) is 25.8 Å². The number of benzene rings is 1. The third-order valence-corrected chi connectivity index (χ3v) is 3.77. The summed E-state index contributed by atoms with van der Waals surface area (Å²) >= 11 is 0. The molecule has 0 aliphatic heterocycles. The van der Waals surface area contributed by atoms with Crippen molar-refractivity contribution in [1.29, 1.82) is 5.26 Å². The number of hydrogen-bond donors (Lipinski definition) is 1. The van der Waals surface area contributed by atoms with Gasteiger partial charge in [0, 0.05) is 17.6 Å². The first-order valence-corrected chi connectivity index (χ1v) is 6.62. The van der Waals surface area contributed by atoms with E-state index < -0.39 is 0 Å². The van der Waals surface area contributed by atoms with Crippen LogP contribution in [-0.4, -0.2) is 6.04 Å². The van der Waals surface area contributed by atoms with Gasteiger partial charge in [-0.2, -0.15) is 5.26 Å². The highest BCUT2D eigenvalue weighted by molar-refractivity contribution is 5.20. The van der Waals surface area contributed by atoms with Crippen molar-refractivity contribution in [3.63, 3.8) is 0 Å². The average molecular weight is 246 g/mol. The Kier molecular flexibility index (Phi) is 4.33. The van der Waals surface area contributed by atoms with Gasteiger partial charge in [-0.15, -0.1) is 0 Å². The van der Waals surface area contributed by atoms with Crippen molar-refractivity contribution in [3.05, 3.63) is 35.6 Å². The molecule has 0 radical (unpaired) electrons. The van der Waals surface area contributed by atoms with Gasteiger partial charge in [0.1, 0.15) is 5.82 Å². The molecule has 96 valence electrons. The molecule has 0 aromatic heterocycles. The summed E-state index contributed by atoms with van der Waals surface area (Å²) in [7, 11) is 0. The highest BCUT2D eigenvalue weighted by atomic mass is 19.1. The van der Waals surface area contributed by atoms with E-state index in [4.69, 9.17) is 5.26 Å². The average Bonchev–Trinajstić information content (AvgIpc) is 2.39. The Morgan fingerprint density at radius 2 is 2.06 bits per heavy atom. The van der Waals surface area contributed by atoms with E-state index in [0.29, 0.717) is 5.56 Å². The van der Waals surface area contributed by atoms with Gasteiger partial charge < -0.3 is 5.32 Å². The first-order valence-electron chi connectivity index (χ1n) is 6.62. The van der Waals surface area contributed by atoms with Crippen molar-refractivity contribution in [2.75, 3.05) is 0 Å². The molecule has 0 saturated heterocycles. The van der Waals surface area contributed by atoms with Gasteiger partial charge in [0.25, 0.3) is 0 Å². The van der Waals surface area contributed by atoms with E-state index >= 15 is 0 Å². The van der Waals surface area contributed by atoms with Crippen LogP contribution in [0.15, 0.2) is 24.3 Å². The van der Waals surface area contributed by atoms with Crippen LogP contribution >= 0.6 is 0 Å². The van der Waals surface area contributed by atoms with E-state index in [9.17, 15) is 4.39 Å². The Bertz CT molecular complexity index is 438. The fourth-order valence-electron chi connectivity index (χ4n) is 2.72. The Hall–Kier alpha value is -1.40. The molecule has 3 atom stereocenters. The summed E-state index contributed by atoms with van der Waals surface area (Å²) in [6, 6.07) is 9.34. The quantitative estimate of drug-likeness (QED) is 0.885. The maximum absolute atomic E-state index is 13.7. The molecule has 0 amide bonds. The van der Waals surface area contributed by atoms with E-state index in [0.717, 1.165) is 25.7 Å². The lowest BCUT2D eigenvalue weighted by Gasteiger charge is -2.30. The van der Waals surface area contributed by atoms with Crippen molar-refractivity contribution in [3.8, 4) is 6.07 Å². The molecule has 1 aromatic carbocycles. The summed E-state index contributed by atoms with van der Waals surface area (Å²) < 4.78 is 13.7. The number of hydrogen-bond acceptors (Lipinski definition) is 2. The molecule has 0 heterocycles. The van der Waals surface area contributed by atoms with Crippen molar-refractivity contribution < 1.29 is 4.39 Å². The summed E-state index contributed by atoms with van der Waals surface area (Å²) in [6.07, 6.45) is 4.25. The van der Waals surface area contributed by atoms with Gasteiger partial charge in [0.2, 0.25) is 0 Å². The molecule has 1 saturated carbocycles. The Labute approximate surface area is 108 Å². The number of nitrogens with one attached hydrogen (secondary N) is 1. The first-order chi connectivity index (χ1) is 8.72. The van der Waals surface area contributed by atoms with Crippen LogP contribution < -0.4 is 5.32 Å². The summed E-state index contributed by atoms with van der Waals surface area (Å²) in [5.41, 5.74) is 0.680. The minimum absolute atomic E-state index is 0.0508. The van der Waals surface area contributed by atoms with Gasteiger partial charge in [-0.1, -0.05) is 31.0 Å². The van der Waals surface area contributed by atoms with E-state index in [1.54, 1.807) is 12.1 Å². The van der Waals surface area contributed by atoms with Gasteiger partial charge in [-0.3, -0.25) is 0 Å². The van der Waals surface area contributed by atoms with Crippen LogP contribution in [0, 0.1) is 23.1 Å². The van der Waals surface area contributed by atoms with Gasteiger partial charge in [0.05, 0.1) is 12.0 Å². The normalized spacial score (nSPS) is 25.4. The second-order valence-corrected chi connectivity index (χ2v) is 5.04. The van der Waals surface area contributed by atoms with Crippen LogP contribution in [0.5, 0.6) is 0 Å². The smallest absolute Gasteiger partial charge is 0.127 e. The fraction of sp³-hybridized carbons (Fsp3) is 0.533. The zero-order valence-corrected chi connectivity index (χ0v) is 10.7. The van der Waals surface area contributed by atoms with Crippen LogP contribution in [0.1, 0.15) is 44.2 Å². The van der Waals surface area contributed by atoms with Crippen LogP contribution in [0.25, 0.3) is 0 Å². The third-order valence-electron chi connectivity index (χ3n) is 3.77. The van der Waals surface area contributed by atoms with E-state index in [1.807, 2.05) is 13.0 Å². The van der Waals surface area contributed by atoms with Crippen LogP contribution in [-0.2, 0) is 0 Å². The number of nitrogens with zero attached hydrogens (tertiary/aromatic N) is 1. The number of nitriles is 1. The first kappa shape index (κ1) is 13.0. The second-order valence-electron chi connectivity index (χ2n) is 5.04. The van der Waals surface area contributed by atoms with Gasteiger partial charge in [-0.25, -0.2) is 4.39 Å². The molecule has 0 bridgehead atoms. The molecule has 1 aromatic rings. The molecule has 1 aliphatic rings. The van der Waals surface area contributed by atoms with Crippen LogP contribution in [0.4, 0.5) is 4.39 Å². The summed E-state index contributed by atoms with van der Waals surface area (Å²) in [6.45, 7) is 1.96. The molecule has 2 rings (SSSR count). The van der Waals surface area contributed by atoms with Crippen molar-refractivity contribution in [2.45, 2.75) is 44.7 Å². The van der Waals surface area contributed by atoms with E-state index in [-0.39, 0.29) is 23.8 Å². The Balaban J connectivity index is 2.05. The lowest BCUT2D eigenvalue weighted by Crippen LogP contribution is -2.39. The molecule has 3 unspecified atom stereocenters. The summed E-state index contributed by atoms with van der Waals surface area (Å²) in [4.78, 5) is 0.